The summed E-state index contributed by atoms with van der Waals surface area (Å²) in [7, 11) is 0. The van der Waals surface area contributed by atoms with Gasteiger partial charge in [0.25, 0.3) is 0 Å². The van der Waals surface area contributed by atoms with Crippen LogP contribution >= 0.6 is 0 Å². The predicted molar refractivity (Wildman–Crippen MR) is 134 cm³/mol. The van der Waals surface area contributed by atoms with E-state index >= 15 is 0 Å². The topological polar surface area (TPSA) is 59.0 Å². The number of carbonyl (C=O) groups is 1. The molecule has 6 rings (SSSR count). The molecule has 3 aromatic rings. The van der Waals surface area contributed by atoms with Crippen molar-refractivity contribution in [3.63, 3.8) is 0 Å². The summed E-state index contributed by atoms with van der Waals surface area (Å²) in [6.45, 7) is 2.82. The predicted octanol–water partition coefficient (Wildman–Crippen LogP) is 5.85. The Hall–Kier alpha value is -3.31. The van der Waals surface area contributed by atoms with Crippen LogP contribution in [0.25, 0.3) is 11.1 Å². The summed E-state index contributed by atoms with van der Waals surface area (Å²) in [5.41, 5.74) is 4.69. The van der Waals surface area contributed by atoms with E-state index in [1.54, 1.807) is 0 Å². The van der Waals surface area contributed by atoms with Gasteiger partial charge in [-0.1, -0.05) is 66.7 Å². The fourth-order valence-corrected chi connectivity index (χ4v) is 6.54. The van der Waals surface area contributed by atoms with E-state index in [-0.39, 0.29) is 24.1 Å². The van der Waals surface area contributed by atoms with Gasteiger partial charge >= 0.3 is 6.09 Å². The van der Waals surface area contributed by atoms with Gasteiger partial charge in [-0.05, 0) is 48.1 Å². The van der Waals surface area contributed by atoms with Crippen molar-refractivity contribution in [2.24, 2.45) is 0 Å². The molecule has 2 atom stereocenters. The molecule has 0 spiro atoms. The first-order chi connectivity index (χ1) is 17.1. The van der Waals surface area contributed by atoms with Gasteiger partial charge in [-0.3, -0.25) is 0 Å². The number of amides is 1. The smallest absolute Gasteiger partial charge is 0.410 e. The third-order valence-corrected chi connectivity index (χ3v) is 8.00. The Bertz CT molecular complexity index is 1190. The maximum absolute atomic E-state index is 13.4. The molecule has 1 amide bonds. The molecule has 5 nitrogen and oxygen atoms in total. The number of hydrogen-bond donors (Lipinski definition) is 1. The quantitative estimate of drug-likeness (QED) is 0.509. The van der Waals surface area contributed by atoms with E-state index in [1.807, 2.05) is 48.2 Å². The van der Waals surface area contributed by atoms with Crippen LogP contribution in [0.1, 0.15) is 55.2 Å². The van der Waals surface area contributed by atoms with E-state index < -0.39 is 5.60 Å². The highest BCUT2D eigenvalue weighted by Gasteiger charge is 2.51. The van der Waals surface area contributed by atoms with Crippen molar-refractivity contribution in [2.45, 2.75) is 56.2 Å². The van der Waals surface area contributed by atoms with Crippen molar-refractivity contribution in [3.05, 3.63) is 89.5 Å². The van der Waals surface area contributed by atoms with Crippen LogP contribution in [0.4, 0.5) is 4.79 Å². The number of rotatable bonds is 5. The van der Waals surface area contributed by atoms with E-state index in [0.717, 1.165) is 24.2 Å². The summed E-state index contributed by atoms with van der Waals surface area (Å²) in [6.07, 6.45) is 2.50. The normalized spacial score (nSPS) is 24.7. The second-order valence-electron chi connectivity index (χ2n) is 9.97. The monoisotopic (exact) mass is 469 g/mol. The molecular weight excluding hydrogens is 438 g/mol. The van der Waals surface area contributed by atoms with Crippen LogP contribution in [-0.4, -0.2) is 41.4 Å². The molecule has 3 aromatic carbocycles. The molecule has 2 heterocycles. The van der Waals surface area contributed by atoms with Gasteiger partial charge in [0, 0.05) is 36.4 Å². The van der Waals surface area contributed by atoms with E-state index in [9.17, 15) is 9.90 Å². The summed E-state index contributed by atoms with van der Waals surface area (Å²) in [5.74, 6) is 0.773. The Labute approximate surface area is 206 Å². The summed E-state index contributed by atoms with van der Waals surface area (Å²) in [5, 5.41) is 11.7. The van der Waals surface area contributed by atoms with Gasteiger partial charge in [0.1, 0.15) is 12.4 Å². The molecule has 2 aliphatic heterocycles. The number of ether oxygens (including phenoxy) is 2. The standard InChI is InChI=1S/C30H31NO4/c1-2-34-28-14-8-7-13-27(28)30(33)17-20-15-16-21(18-30)31(20)29(32)35-19-26-24-11-5-3-9-22(24)23-10-4-6-12-25(23)26/h3-14,20-21,26,33H,2,15-19H2,1H3. The molecule has 35 heavy (non-hydrogen) atoms. The fraction of sp³-hybridized carbons (Fsp3) is 0.367. The highest BCUT2D eigenvalue weighted by atomic mass is 16.6. The average molecular weight is 470 g/mol. The second kappa shape index (κ2) is 8.72. The molecule has 5 heteroatoms. The largest absolute Gasteiger partial charge is 0.493 e. The molecule has 2 saturated heterocycles. The summed E-state index contributed by atoms with van der Waals surface area (Å²) < 4.78 is 11.8. The van der Waals surface area contributed by atoms with Gasteiger partial charge in [0.2, 0.25) is 0 Å². The Balaban J connectivity index is 1.19. The minimum absolute atomic E-state index is 0.0379. The molecule has 180 valence electrons. The molecule has 3 aliphatic rings. The fourth-order valence-electron chi connectivity index (χ4n) is 6.54. The molecule has 2 unspecified atom stereocenters. The van der Waals surface area contributed by atoms with Crippen LogP contribution in [-0.2, 0) is 10.3 Å². The first kappa shape index (κ1) is 22.2. The second-order valence-corrected chi connectivity index (χ2v) is 9.97. The molecule has 0 saturated carbocycles. The molecule has 2 fully saturated rings. The van der Waals surface area contributed by atoms with Crippen molar-refractivity contribution < 1.29 is 19.4 Å². The summed E-state index contributed by atoms with van der Waals surface area (Å²) in [6, 6.07) is 24.4. The minimum atomic E-state index is -1.00. The van der Waals surface area contributed by atoms with Gasteiger partial charge in [-0.2, -0.15) is 0 Å². The maximum atomic E-state index is 13.4. The van der Waals surface area contributed by atoms with E-state index in [2.05, 4.69) is 36.4 Å². The maximum Gasteiger partial charge on any atom is 0.410 e. The van der Waals surface area contributed by atoms with E-state index in [4.69, 9.17) is 9.47 Å². The minimum Gasteiger partial charge on any atom is -0.493 e. The number of nitrogens with zero attached hydrogens (tertiary/aromatic N) is 1. The van der Waals surface area contributed by atoms with Crippen LogP contribution in [0.15, 0.2) is 72.8 Å². The zero-order valence-corrected chi connectivity index (χ0v) is 20.0. The summed E-state index contributed by atoms with van der Waals surface area (Å²) in [4.78, 5) is 15.2. The van der Waals surface area contributed by atoms with Crippen molar-refractivity contribution >= 4 is 6.09 Å². The summed E-state index contributed by atoms with van der Waals surface area (Å²) >= 11 is 0. The van der Waals surface area contributed by atoms with Gasteiger partial charge in [0.15, 0.2) is 0 Å². The van der Waals surface area contributed by atoms with Gasteiger partial charge in [-0.15, -0.1) is 0 Å². The molecule has 0 radical (unpaired) electrons. The van der Waals surface area contributed by atoms with Crippen LogP contribution in [0.3, 0.4) is 0 Å². The zero-order valence-electron chi connectivity index (χ0n) is 20.0. The lowest BCUT2D eigenvalue weighted by Crippen LogP contribution is -2.52. The van der Waals surface area contributed by atoms with Crippen molar-refractivity contribution in [1.82, 2.24) is 4.90 Å². The lowest BCUT2D eigenvalue weighted by Gasteiger charge is -2.43. The Kier molecular flexibility index (Phi) is 5.53. The highest BCUT2D eigenvalue weighted by molar-refractivity contribution is 5.79. The molecule has 1 aliphatic carbocycles. The Morgan fingerprint density at radius 3 is 2.11 bits per heavy atom. The van der Waals surface area contributed by atoms with Crippen LogP contribution < -0.4 is 4.74 Å². The molecule has 1 N–H and O–H groups in total. The SMILES string of the molecule is CCOc1ccccc1C1(O)CC2CCC(C1)N2C(=O)OCC1c2ccccc2-c2ccccc21. The lowest BCUT2D eigenvalue weighted by atomic mass is 9.80. The molecular formula is C30H31NO4. The first-order valence-corrected chi connectivity index (χ1v) is 12.7. The number of aliphatic hydroxyl groups is 1. The average Bonchev–Trinajstić information content (AvgIpc) is 3.35. The number of fused-ring (bicyclic) bond motifs is 5. The van der Waals surface area contributed by atoms with Gasteiger partial charge in [0.05, 0.1) is 12.2 Å². The number of piperidine rings is 1. The van der Waals surface area contributed by atoms with Crippen molar-refractivity contribution in [2.75, 3.05) is 13.2 Å². The number of hydrogen-bond acceptors (Lipinski definition) is 4. The highest BCUT2D eigenvalue weighted by Crippen LogP contribution is 2.49. The van der Waals surface area contributed by atoms with E-state index in [1.165, 1.54) is 22.3 Å². The third-order valence-electron chi connectivity index (χ3n) is 8.00. The van der Waals surface area contributed by atoms with Gasteiger partial charge in [-0.25, -0.2) is 4.79 Å². The molecule has 0 aromatic heterocycles. The number of para-hydroxylation sites is 1. The van der Waals surface area contributed by atoms with Crippen molar-refractivity contribution in [3.8, 4) is 16.9 Å². The lowest BCUT2D eigenvalue weighted by molar-refractivity contribution is -0.0544. The third kappa shape index (κ3) is 3.69. The Morgan fingerprint density at radius 2 is 1.49 bits per heavy atom. The zero-order chi connectivity index (χ0) is 24.0. The number of carbonyl (C=O) groups excluding carboxylic acids is 1. The van der Waals surface area contributed by atoms with Crippen LogP contribution in [0.5, 0.6) is 5.75 Å². The first-order valence-electron chi connectivity index (χ1n) is 12.7. The van der Waals surface area contributed by atoms with Gasteiger partial charge < -0.3 is 19.5 Å². The van der Waals surface area contributed by atoms with Crippen LogP contribution in [0.2, 0.25) is 0 Å². The van der Waals surface area contributed by atoms with Crippen molar-refractivity contribution in [1.29, 1.82) is 0 Å². The molecule has 2 bridgehead atoms. The Morgan fingerprint density at radius 1 is 0.914 bits per heavy atom. The van der Waals surface area contributed by atoms with Crippen LogP contribution in [0, 0.1) is 0 Å². The van der Waals surface area contributed by atoms with E-state index in [0.29, 0.717) is 26.1 Å². The number of benzene rings is 3.